The minimum Gasteiger partial charge on any atom is -0.496 e. The second-order valence-electron chi connectivity index (χ2n) is 10.4. The van der Waals surface area contributed by atoms with Crippen molar-refractivity contribution < 1.29 is 14.3 Å². The van der Waals surface area contributed by atoms with E-state index in [9.17, 15) is 9.59 Å². The van der Waals surface area contributed by atoms with Crippen LogP contribution in [-0.2, 0) is 4.79 Å². The third-order valence-corrected chi connectivity index (χ3v) is 9.98. The lowest BCUT2D eigenvalue weighted by atomic mass is 9.90. The van der Waals surface area contributed by atoms with Gasteiger partial charge in [0.25, 0.3) is 11.5 Å². The van der Waals surface area contributed by atoms with Crippen LogP contribution in [0.25, 0.3) is 16.8 Å². The zero-order valence-corrected chi connectivity index (χ0v) is 30.0. The first-order chi connectivity index (χ1) is 20.6. The first-order valence-electron chi connectivity index (χ1n) is 14.1. The molecule has 2 heterocycles. The van der Waals surface area contributed by atoms with E-state index in [4.69, 9.17) is 14.5 Å². The number of halogens is 2. The number of hydrogen-bond donors (Lipinski definition) is 0. The molecule has 0 N–H and O–H groups in total. The van der Waals surface area contributed by atoms with Gasteiger partial charge in [0.15, 0.2) is 4.80 Å². The molecule has 0 aliphatic carbocycles. The van der Waals surface area contributed by atoms with Crippen LogP contribution in [0.1, 0.15) is 51.8 Å². The highest BCUT2D eigenvalue weighted by Crippen LogP contribution is 2.40. The number of likely N-dealkylation sites (N-methyl/N-ethyl adjacent to an activating group) is 1. The lowest BCUT2D eigenvalue weighted by Gasteiger charge is -2.30. The zero-order valence-electron chi connectivity index (χ0n) is 24.9. The molecular weight excluding hydrogens is 788 g/mol. The Morgan fingerprint density at radius 2 is 1.79 bits per heavy atom. The first kappa shape index (κ1) is 31.7. The molecule has 4 aromatic rings. The summed E-state index contributed by atoms with van der Waals surface area (Å²) in [6.07, 6.45) is 1.95. The maximum absolute atomic E-state index is 14.4. The van der Waals surface area contributed by atoms with Crippen LogP contribution in [0.2, 0.25) is 0 Å². The molecule has 3 aromatic carbocycles. The van der Waals surface area contributed by atoms with E-state index < -0.39 is 6.04 Å². The van der Waals surface area contributed by atoms with Crippen LogP contribution in [0, 0.1) is 7.14 Å². The number of thiazole rings is 1. The summed E-state index contributed by atoms with van der Waals surface area (Å²) in [4.78, 5) is 35.7. The normalized spacial score (nSPS) is 15.1. The van der Waals surface area contributed by atoms with Crippen molar-refractivity contribution >= 4 is 79.3 Å². The predicted octanol–water partition coefficient (Wildman–Crippen LogP) is 6.26. The van der Waals surface area contributed by atoms with Crippen molar-refractivity contribution in [3.8, 4) is 11.5 Å². The van der Waals surface area contributed by atoms with Crippen LogP contribution < -0.4 is 24.4 Å². The molecule has 0 spiro atoms. The molecule has 1 aliphatic rings. The van der Waals surface area contributed by atoms with E-state index >= 15 is 0 Å². The summed E-state index contributed by atoms with van der Waals surface area (Å²) < 4.78 is 16.1. The molecule has 1 atom stereocenters. The Morgan fingerprint density at radius 1 is 1.12 bits per heavy atom. The number of carbonyl (C=O) groups is 1. The summed E-state index contributed by atoms with van der Waals surface area (Å²) in [5, 5.41) is 1.92. The van der Waals surface area contributed by atoms with E-state index in [1.165, 1.54) is 11.3 Å². The van der Waals surface area contributed by atoms with Gasteiger partial charge in [-0.2, -0.15) is 0 Å². The van der Waals surface area contributed by atoms with Gasteiger partial charge in [-0.25, -0.2) is 4.99 Å². The maximum atomic E-state index is 14.4. The Morgan fingerprint density at radius 3 is 2.42 bits per heavy atom. The fourth-order valence-electron chi connectivity index (χ4n) is 5.45. The van der Waals surface area contributed by atoms with Crippen molar-refractivity contribution in [1.29, 1.82) is 0 Å². The second-order valence-corrected chi connectivity index (χ2v) is 13.8. The Balaban J connectivity index is 1.80. The first-order valence-corrected chi connectivity index (χ1v) is 17.1. The summed E-state index contributed by atoms with van der Waals surface area (Å²) in [5.74, 6) is 1.32. The molecule has 1 aliphatic heterocycles. The van der Waals surface area contributed by atoms with E-state index in [-0.39, 0.29) is 17.6 Å². The summed E-state index contributed by atoms with van der Waals surface area (Å²) in [6.45, 7) is 10.9. The molecule has 0 bridgehead atoms. The Bertz CT molecular complexity index is 1920. The smallest absolute Gasteiger partial charge is 0.271 e. The molecule has 7 nitrogen and oxygen atoms in total. The summed E-state index contributed by atoms with van der Waals surface area (Å²) >= 11 is 5.88. The van der Waals surface area contributed by atoms with E-state index in [0.717, 1.165) is 34.8 Å². The van der Waals surface area contributed by atoms with Crippen LogP contribution >= 0.6 is 56.5 Å². The van der Waals surface area contributed by atoms with Crippen LogP contribution in [-0.4, -0.2) is 41.7 Å². The average Bonchev–Trinajstić information content (AvgIpc) is 3.27. The third kappa shape index (κ3) is 6.02. The third-order valence-electron chi connectivity index (χ3n) is 7.40. The van der Waals surface area contributed by atoms with Crippen molar-refractivity contribution in [3.63, 3.8) is 0 Å². The van der Waals surface area contributed by atoms with Gasteiger partial charge in [0.1, 0.15) is 17.5 Å². The van der Waals surface area contributed by atoms with E-state index in [2.05, 4.69) is 45.2 Å². The van der Waals surface area contributed by atoms with Crippen molar-refractivity contribution in [3.05, 3.63) is 97.8 Å². The van der Waals surface area contributed by atoms with Crippen molar-refractivity contribution in [2.24, 2.45) is 4.99 Å². The van der Waals surface area contributed by atoms with Crippen LogP contribution in [0.4, 0.5) is 0 Å². The van der Waals surface area contributed by atoms with Gasteiger partial charge >= 0.3 is 0 Å². The molecule has 0 fully saturated rings. The number of methoxy groups -OCH3 is 1. The van der Waals surface area contributed by atoms with Gasteiger partial charge in [-0.15, -0.1) is 0 Å². The highest BCUT2D eigenvalue weighted by Gasteiger charge is 2.36. The van der Waals surface area contributed by atoms with E-state index in [0.29, 0.717) is 39.4 Å². The minimum atomic E-state index is -0.713. The maximum Gasteiger partial charge on any atom is 0.271 e. The number of hydrogen-bond acceptors (Lipinski definition) is 6. The van der Waals surface area contributed by atoms with E-state index in [1.807, 2.05) is 89.2 Å². The number of aromatic nitrogens is 1. The molecule has 0 radical (unpaired) electrons. The number of allylic oxidation sites excluding steroid dienone is 1. The van der Waals surface area contributed by atoms with Crippen LogP contribution in [0.15, 0.2) is 69.6 Å². The lowest BCUT2D eigenvalue weighted by molar-refractivity contribution is -0.127. The van der Waals surface area contributed by atoms with Crippen LogP contribution in [0.5, 0.6) is 11.5 Å². The highest BCUT2D eigenvalue weighted by atomic mass is 127. The second kappa shape index (κ2) is 13.1. The van der Waals surface area contributed by atoms with Gasteiger partial charge in [0, 0.05) is 18.7 Å². The van der Waals surface area contributed by atoms with Gasteiger partial charge in [0.2, 0.25) is 0 Å². The molecule has 1 aromatic heterocycles. The quantitative estimate of drug-likeness (QED) is 0.197. The van der Waals surface area contributed by atoms with Gasteiger partial charge in [-0.1, -0.05) is 41.7 Å². The fraction of sp³-hybridized carbons (Fsp3) is 0.303. The molecule has 43 heavy (non-hydrogen) atoms. The topological polar surface area (TPSA) is 73.1 Å². The number of benzene rings is 3. The summed E-state index contributed by atoms with van der Waals surface area (Å²) in [5.41, 5.74) is 2.55. The summed E-state index contributed by atoms with van der Waals surface area (Å²) in [6, 6.07) is 15.2. The van der Waals surface area contributed by atoms with Gasteiger partial charge in [-0.05, 0) is 120 Å². The van der Waals surface area contributed by atoms with Gasteiger partial charge < -0.3 is 14.4 Å². The molecule has 5 rings (SSSR count). The number of amides is 1. The van der Waals surface area contributed by atoms with Crippen LogP contribution in [0.3, 0.4) is 0 Å². The lowest BCUT2D eigenvalue weighted by Crippen LogP contribution is -2.43. The molecule has 224 valence electrons. The van der Waals surface area contributed by atoms with Gasteiger partial charge in [0.05, 0.1) is 36.2 Å². The van der Waals surface area contributed by atoms with Crippen molar-refractivity contribution in [2.45, 2.75) is 46.8 Å². The monoisotopic (exact) mass is 821 g/mol. The standard InChI is InChI=1S/C33H33I2N3O4S/c1-7-37(8-2)32(40)27-19(5)36-33-38(29(27)28-22-12-10-9-11-21(22)13-14-25(28)41-6)31(39)26(43-33)17-20-15-23(34)30(24(35)16-20)42-18(3)4/h9-18,29H,7-8H2,1-6H3/b26-17+/t29-/m1/s1. The minimum absolute atomic E-state index is 0.0547. The SMILES string of the molecule is CCN(CC)C(=O)C1=C(C)N=c2s/c(=C/c3cc(I)c(OC(C)C)c(I)c3)c(=O)n2[C@H]1c1c(OC)ccc2ccccc12. The molecule has 0 saturated carbocycles. The molecular formula is C33H33I2N3O4S. The van der Waals surface area contributed by atoms with Crippen molar-refractivity contribution in [2.75, 3.05) is 20.2 Å². The zero-order chi connectivity index (χ0) is 31.0. The Kier molecular flexibility index (Phi) is 9.67. The fourth-order valence-corrected chi connectivity index (χ4v) is 8.56. The Hall–Kier alpha value is -2.71. The number of rotatable bonds is 8. The molecule has 1 amide bonds. The highest BCUT2D eigenvalue weighted by molar-refractivity contribution is 14.1. The molecule has 0 unspecified atom stereocenters. The van der Waals surface area contributed by atoms with Gasteiger partial charge in [-0.3, -0.25) is 14.2 Å². The van der Waals surface area contributed by atoms with Crippen molar-refractivity contribution in [1.82, 2.24) is 9.47 Å². The number of carbonyl (C=O) groups excluding carboxylic acids is 1. The van der Waals surface area contributed by atoms with E-state index in [1.54, 1.807) is 16.6 Å². The largest absolute Gasteiger partial charge is 0.496 e. The predicted molar refractivity (Wildman–Crippen MR) is 190 cm³/mol. The number of nitrogens with zero attached hydrogens (tertiary/aromatic N) is 3. The average molecular weight is 822 g/mol. The molecule has 10 heteroatoms. The number of ether oxygens (including phenoxy) is 2. The Labute approximate surface area is 282 Å². The number of fused-ring (bicyclic) bond motifs is 2. The summed E-state index contributed by atoms with van der Waals surface area (Å²) in [7, 11) is 1.62. The molecule has 0 saturated heterocycles.